The first-order chi connectivity index (χ1) is 22.0. The average molecular weight is 642 g/mol. The molecule has 0 spiro atoms. The normalized spacial score (nSPS) is 14.9. The second-order valence-corrected chi connectivity index (χ2v) is 11.1. The Labute approximate surface area is 265 Å². The van der Waals surface area contributed by atoms with Crippen LogP contribution >= 0.6 is 0 Å². The summed E-state index contributed by atoms with van der Waals surface area (Å²) in [5.41, 5.74) is 1.70. The van der Waals surface area contributed by atoms with Gasteiger partial charge in [-0.3, -0.25) is 4.79 Å². The Kier molecular flexibility index (Phi) is 11.6. The molecular formula is C34H38F3N3O6. The Hall–Kier alpha value is -4.58. The molecule has 3 amide bonds. The van der Waals surface area contributed by atoms with Crippen molar-refractivity contribution in [2.45, 2.75) is 63.3 Å². The van der Waals surface area contributed by atoms with Gasteiger partial charge in [0.05, 0.1) is 31.9 Å². The summed E-state index contributed by atoms with van der Waals surface area (Å²) < 4.78 is 50.0. The summed E-state index contributed by atoms with van der Waals surface area (Å²) >= 11 is 0. The second kappa shape index (κ2) is 15.6. The van der Waals surface area contributed by atoms with Gasteiger partial charge in [-0.1, -0.05) is 55.7 Å². The lowest BCUT2D eigenvalue weighted by molar-refractivity contribution is -0.152. The van der Waals surface area contributed by atoms with E-state index < -0.39 is 41.8 Å². The zero-order valence-corrected chi connectivity index (χ0v) is 25.7. The van der Waals surface area contributed by atoms with E-state index in [9.17, 15) is 32.7 Å². The maximum atomic E-state index is 13.4. The molecule has 1 fully saturated rings. The van der Waals surface area contributed by atoms with Crippen LogP contribution in [0.1, 0.15) is 83.6 Å². The number of carbonyl (C=O) groups is 3. The van der Waals surface area contributed by atoms with Crippen LogP contribution in [0.4, 0.5) is 23.7 Å². The van der Waals surface area contributed by atoms with Crippen molar-refractivity contribution in [2.75, 3.05) is 25.6 Å². The van der Waals surface area contributed by atoms with Gasteiger partial charge in [0, 0.05) is 17.3 Å². The maximum absolute atomic E-state index is 13.4. The van der Waals surface area contributed by atoms with Crippen LogP contribution in [0.3, 0.4) is 0 Å². The van der Waals surface area contributed by atoms with Gasteiger partial charge < -0.3 is 30.5 Å². The smallest absolute Gasteiger partial charge is 0.416 e. The summed E-state index contributed by atoms with van der Waals surface area (Å²) in [6.07, 6.45) is -0.335. The SMILES string of the molecule is CCOC(=O)[C@H](O)CNC(=O)c1ccc(C(NC(=O)Nc2cc(OC)cc(C(F)(F)F)c2)c2ccc(C3CCCCC3)cc2)cc1. The van der Waals surface area contributed by atoms with Crippen LogP contribution in [0.5, 0.6) is 5.75 Å². The highest BCUT2D eigenvalue weighted by atomic mass is 19.4. The Balaban J connectivity index is 1.55. The Bertz CT molecular complexity index is 1490. The molecule has 246 valence electrons. The molecule has 1 saturated carbocycles. The van der Waals surface area contributed by atoms with Crippen molar-refractivity contribution < 1.29 is 42.1 Å². The molecule has 46 heavy (non-hydrogen) atoms. The van der Waals surface area contributed by atoms with Gasteiger partial charge in [-0.2, -0.15) is 13.2 Å². The number of benzene rings is 3. The van der Waals surface area contributed by atoms with Crippen molar-refractivity contribution >= 4 is 23.6 Å². The van der Waals surface area contributed by atoms with Crippen molar-refractivity contribution in [1.82, 2.24) is 10.6 Å². The van der Waals surface area contributed by atoms with E-state index in [2.05, 4.69) is 16.0 Å². The molecule has 0 aromatic heterocycles. The molecule has 4 N–H and O–H groups in total. The average Bonchev–Trinajstić information content (AvgIpc) is 3.06. The van der Waals surface area contributed by atoms with E-state index in [-0.39, 0.29) is 30.2 Å². The second-order valence-electron chi connectivity index (χ2n) is 11.1. The number of aliphatic hydroxyl groups excluding tert-OH is 1. The Morgan fingerprint density at radius 1 is 0.935 bits per heavy atom. The highest BCUT2D eigenvalue weighted by Gasteiger charge is 2.32. The third kappa shape index (κ3) is 9.23. The van der Waals surface area contributed by atoms with Crippen LogP contribution in [0.25, 0.3) is 0 Å². The molecule has 9 nitrogen and oxygen atoms in total. The summed E-state index contributed by atoms with van der Waals surface area (Å²) in [6, 6.07) is 15.7. The third-order valence-electron chi connectivity index (χ3n) is 7.87. The largest absolute Gasteiger partial charge is 0.497 e. The first kappa shape index (κ1) is 34.3. The summed E-state index contributed by atoms with van der Waals surface area (Å²) in [5.74, 6) is -0.979. The number of methoxy groups -OCH3 is 1. The zero-order chi connectivity index (χ0) is 33.3. The molecule has 1 aliphatic carbocycles. The van der Waals surface area contributed by atoms with E-state index >= 15 is 0 Å². The number of aliphatic hydroxyl groups is 1. The maximum Gasteiger partial charge on any atom is 0.416 e. The molecule has 0 heterocycles. The number of anilines is 1. The van der Waals surface area contributed by atoms with Crippen molar-refractivity contribution in [3.05, 3.63) is 94.5 Å². The number of rotatable bonds is 11. The first-order valence-corrected chi connectivity index (χ1v) is 15.1. The first-order valence-electron chi connectivity index (χ1n) is 15.1. The number of esters is 1. The molecule has 0 bridgehead atoms. The fraction of sp³-hybridized carbons (Fsp3) is 0.382. The molecule has 4 rings (SSSR count). The van der Waals surface area contributed by atoms with E-state index in [4.69, 9.17) is 9.47 Å². The van der Waals surface area contributed by atoms with Crippen molar-refractivity contribution in [3.63, 3.8) is 0 Å². The fourth-order valence-corrected chi connectivity index (χ4v) is 5.45. The minimum Gasteiger partial charge on any atom is -0.497 e. The van der Waals surface area contributed by atoms with Gasteiger partial charge in [0.25, 0.3) is 5.91 Å². The number of halogens is 3. The minimum atomic E-state index is -4.64. The minimum absolute atomic E-state index is 0.0661. The lowest BCUT2D eigenvalue weighted by Crippen LogP contribution is -2.37. The van der Waals surface area contributed by atoms with E-state index in [1.54, 1.807) is 19.1 Å². The van der Waals surface area contributed by atoms with E-state index in [1.807, 2.05) is 24.3 Å². The predicted octanol–water partition coefficient (Wildman–Crippen LogP) is 6.33. The number of hydrogen-bond donors (Lipinski definition) is 4. The van der Waals surface area contributed by atoms with Crippen LogP contribution < -0.4 is 20.7 Å². The number of nitrogens with one attached hydrogen (secondary N) is 3. The van der Waals surface area contributed by atoms with Gasteiger partial charge in [0.15, 0.2) is 6.10 Å². The number of carbonyl (C=O) groups excluding carboxylic acids is 3. The number of urea groups is 1. The summed E-state index contributed by atoms with van der Waals surface area (Å²) in [5, 5.41) is 17.7. The van der Waals surface area contributed by atoms with Crippen molar-refractivity contribution in [1.29, 1.82) is 0 Å². The van der Waals surface area contributed by atoms with E-state index in [1.165, 1.54) is 50.1 Å². The van der Waals surface area contributed by atoms with Crippen LogP contribution in [0.2, 0.25) is 0 Å². The number of hydrogen-bond acceptors (Lipinski definition) is 6. The fourth-order valence-electron chi connectivity index (χ4n) is 5.45. The van der Waals surface area contributed by atoms with Crippen molar-refractivity contribution in [2.24, 2.45) is 0 Å². The van der Waals surface area contributed by atoms with Crippen LogP contribution in [0, 0.1) is 0 Å². The van der Waals surface area contributed by atoms with Gasteiger partial charge in [-0.05, 0) is 66.6 Å². The highest BCUT2D eigenvalue weighted by Crippen LogP contribution is 2.35. The summed E-state index contributed by atoms with van der Waals surface area (Å²) in [4.78, 5) is 37.5. The van der Waals surface area contributed by atoms with Crippen molar-refractivity contribution in [3.8, 4) is 5.75 Å². The molecule has 1 aliphatic rings. The molecule has 0 radical (unpaired) electrons. The topological polar surface area (TPSA) is 126 Å². The zero-order valence-electron chi connectivity index (χ0n) is 25.7. The molecule has 3 aromatic carbocycles. The molecule has 3 aromatic rings. The molecule has 0 saturated heterocycles. The summed E-state index contributed by atoms with van der Waals surface area (Å²) in [7, 11) is 1.23. The lowest BCUT2D eigenvalue weighted by Gasteiger charge is -2.24. The monoisotopic (exact) mass is 641 g/mol. The van der Waals surface area contributed by atoms with Gasteiger partial charge in [0.1, 0.15) is 5.75 Å². The van der Waals surface area contributed by atoms with Gasteiger partial charge >= 0.3 is 18.2 Å². The molecule has 12 heteroatoms. The third-order valence-corrected chi connectivity index (χ3v) is 7.87. The predicted molar refractivity (Wildman–Crippen MR) is 166 cm³/mol. The number of ether oxygens (including phenoxy) is 2. The quantitative estimate of drug-likeness (QED) is 0.182. The standard InChI is InChI=1S/C34H38F3N3O6/c1-3-46-32(43)29(41)20-38-31(42)25-15-13-24(14-16-25)30(23-11-9-22(10-12-23)21-7-5-4-6-8-21)40-33(44)39-27-17-26(34(35,36)37)18-28(19-27)45-2/h9-19,21,29-30,41H,3-8,20H2,1-2H3,(H,38,42)(H2,39,40,44)/t29-,30?/m1/s1. The number of alkyl halides is 3. The molecular weight excluding hydrogens is 603 g/mol. The molecule has 0 aliphatic heterocycles. The number of amides is 3. The van der Waals surface area contributed by atoms with Crippen LogP contribution in [-0.2, 0) is 15.7 Å². The van der Waals surface area contributed by atoms with Gasteiger partial charge in [-0.25, -0.2) is 9.59 Å². The van der Waals surface area contributed by atoms with Gasteiger partial charge in [0.2, 0.25) is 0 Å². The van der Waals surface area contributed by atoms with Crippen LogP contribution in [-0.4, -0.2) is 49.4 Å². The lowest BCUT2D eigenvalue weighted by atomic mass is 9.83. The van der Waals surface area contributed by atoms with E-state index in [0.29, 0.717) is 11.5 Å². The highest BCUT2D eigenvalue weighted by molar-refractivity contribution is 5.94. The molecule has 1 unspecified atom stereocenters. The van der Waals surface area contributed by atoms with E-state index in [0.717, 1.165) is 30.5 Å². The Morgan fingerprint density at radius 2 is 1.57 bits per heavy atom. The van der Waals surface area contributed by atoms with Gasteiger partial charge in [-0.15, -0.1) is 0 Å². The molecule has 2 atom stereocenters. The summed E-state index contributed by atoms with van der Waals surface area (Å²) in [6.45, 7) is 1.36. The van der Waals surface area contributed by atoms with Crippen LogP contribution in [0.15, 0.2) is 66.7 Å². The Morgan fingerprint density at radius 3 is 2.15 bits per heavy atom.